The van der Waals surface area contributed by atoms with Crippen molar-refractivity contribution in [3.8, 4) is 0 Å². The molecule has 1 saturated heterocycles. The Hall–Kier alpha value is -0.170. The first-order valence-corrected chi connectivity index (χ1v) is 5.66. The van der Waals surface area contributed by atoms with Gasteiger partial charge in [-0.1, -0.05) is 0 Å². The number of morpholine rings is 1. The maximum absolute atomic E-state index is 11.1. The topological polar surface area (TPSA) is 72.6 Å². The van der Waals surface area contributed by atoms with E-state index in [0.717, 1.165) is 0 Å². The molecule has 78 valence electrons. The lowest BCUT2D eigenvalue weighted by Gasteiger charge is -2.40. The van der Waals surface area contributed by atoms with Crippen LogP contribution in [0.3, 0.4) is 0 Å². The molecule has 13 heavy (non-hydrogen) atoms. The third kappa shape index (κ3) is 2.63. The monoisotopic (exact) mass is 208 g/mol. The van der Waals surface area contributed by atoms with Crippen LogP contribution >= 0.6 is 0 Å². The van der Waals surface area contributed by atoms with E-state index in [-0.39, 0.29) is 6.04 Å². The van der Waals surface area contributed by atoms with Crippen molar-refractivity contribution in [2.24, 2.45) is 5.14 Å². The summed E-state index contributed by atoms with van der Waals surface area (Å²) >= 11 is 0. The highest BCUT2D eigenvalue weighted by atomic mass is 32.2. The highest BCUT2D eigenvalue weighted by molar-refractivity contribution is 7.86. The van der Waals surface area contributed by atoms with Crippen LogP contribution in [0.4, 0.5) is 0 Å². The molecule has 1 atom stereocenters. The summed E-state index contributed by atoms with van der Waals surface area (Å²) in [6, 6.07) is -0.178. The molecule has 1 rings (SSSR count). The van der Waals surface area contributed by atoms with E-state index in [1.165, 1.54) is 4.31 Å². The minimum atomic E-state index is -3.59. The summed E-state index contributed by atoms with van der Waals surface area (Å²) in [5.74, 6) is 0. The zero-order chi connectivity index (χ0) is 10.3. The third-order valence-electron chi connectivity index (χ3n) is 2.07. The number of hydrogen-bond donors (Lipinski definition) is 1. The summed E-state index contributed by atoms with van der Waals surface area (Å²) in [5, 5.41) is 5.06. The average Bonchev–Trinajstić information content (AvgIpc) is 1.92. The maximum Gasteiger partial charge on any atom is 0.277 e. The van der Waals surface area contributed by atoms with Gasteiger partial charge in [0.15, 0.2) is 0 Å². The van der Waals surface area contributed by atoms with Gasteiger partial charge in [0, 0.05) is 12.6 Å². The Labute approximate surface area is 79.0 Å². The van der Waals surface area contributed by atoms with Crippen LogP contribution in [-0.2, 0) is 14.9 Å². The van der Waals surface area contributed by atoms with Crippen molar-refractivity contribution < 1.29 is 13.2 Å². The fourth-order valence-corrected chi connectivity index (χ4v) is 2.40. The lowest BCUT2D eigenvalue weighted by atomic mass is 10.1. The van der Waals surface area contributed by atoms with Gasteiger partial charge in [-0.3, -0.25) is 0 Å². The van der Waals surface area contributed by atoms with Gasteiger partial charge in [-0.05, 0) is 20.8 Å². The lowest BCUT2D eigenvalue weighted by Crippen LogP contribution is -2.56. The molecular formula is C7H16N2O3S. The minimum Gasteiger partial charge on any atom is -0.373 e. The first-order valence-electron chi connectivity index (χ1n) is 4.16. The van der Waals surface area contributed by atoms with Gasteiger partial charge in [0.2, 0.25) is 0 Å². The van der Waals surface area contributed by atoms with Crippen molar-refractivity contribution >= 4 is 10.2 Å². The van der Waals surface area contributed by atoms with Crippen LogP contribution < -0.4 is 5.14 Å². The lowest BCUT2D eigenvalue weighted by molar-refractivity contribution is -0.0849. The molecule has 1 aliphatic rings. The molecule has 0 aromatic carbocycles. The van der Waals surface area contributed by atoms with Crippen LogP contribution in [0.1, 0.15) is 20.8 Å². The van der Waals surface area contributed by atoms with E-state index < -0.39 is 15.8 Å². The Morgan fingerprint density at radius 1 is 1.54 bits per heavy atom. The molecule has 0 radical (unpaired) electrons. The number of rotatable bonds is 1. The Morgan fingerprint density at radius 3 is 2.46 bits per heavy atom. The van der Waals surface area contributed by atoms with E-state index in [0.29, 0.717) is 13.2 Å². The Bertz CT molecular complexity index is 286. The second-order valence-corrected chi connectivity index (χ2v) is 5.51. The Balaban J connectivity index is 2.84. The van der Waals surface area contributed by atoms with Crippen LogP contribution in [0.5, 0.6) is 0 Å². The van der Waals surface area contributed by atoms with E-state index in [1.54, 1.807) is 6.92 Å². The second-order valence-electron chi connectivity index (χ2n) is 4.01. The van der Waals surface area contributed by atoms with Gasteiger partial charge < -0.3 is 4.74 Å². The quantitative estimate of drug-likeness (QED) is 0.642. The van der Waals surface area contributed by atoms with E-state index in [1.807, 2.05) is 13.8 Å². The molecule has 2 N–H and O–H groups in total. The molecule has 0 aromatic rings. The zero-order valence-electron chi connectivity index (χ0n) is 8.15. The molecule has 0 amide bonds. The number of hydrogen-bond acceptors (Lipinski definition) is 3. The summed E-state index contributed by atoms with van der Waals surface area (Å²) < 4.78 is 29.0. The van der Waals surface area contributed by atoms with Gasteiger partial charge in [-0.25, -0.2) is 5.14 Å². The van der Waals surface area contributed by atoms with Gasteiger partial charge in [0.25, 0.3) is 10.2 Å². The van der Waals surface area contributed by atoms with E-state index >= 15 is 0 Å². The molecule has 0 aromatic heterocycles. The van der Waals surface area contributed by atoms with E-state index in [4.69, 9.17) is 9.88 Å². The van der Waals surface area contributed by atoms with Gasteiger partial charge in [0.1, 0.15) is 0 Å². The molecule has 0 spiro atoms. The van der Waals surface area contributed by atoms with Crippen LogP contribution in [-0.4, -0.2) is 37.5 Å². The summed E-state index contributed by atoms with van der Waals surface area (Å²) in [5.41, 5.74) is -0.445. The van der Waals surface area contributed by atoms with Crippen molar-refractivity contribution in [2.45, 2.75) is 32.4 Å². The Kier molecular flexibility index (Phi) is 2.68. The van der Waals surface area contributed by atoms with Crippen LogP contribution in [0, 0.1) is 0 Å². The molecule has 0 saturated carbocycles. The van der Waals surface area contributed by atoms with Gasteiger partial charge >= 0.3 is 0 Å². The zero-order valence-corrected chi connectivity index (χ0v) is 8.97. The number of nitrogens with zero attached hydrogens (tertiary/aromatic N) is 1. The smallest absolute Gasteiger partial charge is 0.277 e. The highest BCUT2D eigenvalue weighted by Gasteiger charge is 2.36. The number of nitrogens with two attached hydrogens (primary N) is 1. The molecule has 5 nitrogen and oxygen atoms in total. The summed E-state index contributed by atoms with van der Waals surface area (Å²) in [6.07, 6.45) is 0. The predicted octanol–water partition coefficient (Wildman–Crippen LogP) is -0.311. The van der Waals surface area contributed by atoms with Crippen molar-refractivity contribution in [1.82, 2.24) is 4.31 Å². The molecule has 1 fully saturated rings. The summed E-state index contributed by atoms with van der Waals surface area (Å²) in [4.78, 5) is 0. The van der Waals surface area contributed by atoms with Gasteiger partial charge in [-0.15, -0.1) is 0 Å². The molecule has 0 aliphatic carbocycles. The van der Waals surface area contributed by atoms with E-state index in [9.17, 15) is 8.42 Å². The maximum atomic E-state index is 11.1. The van der Waals surface area contributed by atoms with Crippen molar-refractivity contribution in [2.75, 3.05) is 13.2 Å². The van der Waals surface area contributed by atoms with Crippen LogP contribution in [0.2, 0.25) is 0 Å². The summed E-state index contributed by atoms with van der Waals surface area (Å²) in [7, 11) is -3.59. The molecular weight excluding hydrogens is 192 g/mol. The minimum absolute atomic E-state index is 0.178. The largest absolute Gasteiger partial charge is 0.373 e. The molecule has 0 bridgehead atoms. The van der Waals surface area contributed by atoms with Gasteiger partial charge in [-0.2, -0.15) is 12.7 Å². The van der Waals surface area contributed by atoms with Crippen molar-refractivity contribution in [3.05, 3.63) is 0 Å². The molecule has 6 heteroatoms. The standard InChI is InChI=1S/C7H16N2O3S/c1-6-4-12-7(2,3)5-9(6)13(8,10)11/h6H,4-5H2,1-3H3,(H2,8,10,11)/t6-/m0/s1. The fourth-order valence-electron chi connectivity index (χ4n) is 1.35. The highest BCUT2D eigenvalue weighted by Crippen LogP contribution is 2.21. The van der Waals surface area contributed by atoms with Gasteiger partial charge in [0.05, 0.1) is 12.2 Å². The van der Waals surface area contributed by atoms with Crippen LogP contribution in [0.15, 0.2) is 0 Å². The first-order chi connectivity index (χ1) is 5.72. The van der Waals surface area contributed by atoms with Crippen LogP contribution in [0.25, 0.3) is 0 Å². The fraction of sp³-hybridized carbons (Fsp3) is 1.00. The Morgan fingerprint density at radius 2 is 2.08 bits per heavy atom. The number of ether oxygens (including phenoxy) is 1. The SMILES string of the molecule is C[C@H]1COC(C)(C)CN1S(N)(=O)=O. The first kappa shape index (κ1) is 10.9. The molecule has 1 aliphatic heterocycles. The van der Waals surface area contributed by atoms with Crippen molar-refractivity contribution in [3.63, 3.8) is 0 Å². The van der Waals surface area contributed by atoms with E-state index in [2.05, 4.69) is 0 Å². The normalized spacial score (nSPS) is 30.3. The second kappa shape index (κ2) is 3.20. The van der Waals surface area contributed by atoms with Crippen molar-refractivity contribution in [1.29, 1.82) is 0 Å². The summed E-state index contributed by atoms with van der Waals surface area (Å²) in [6.45, 7) is 6.17. The molecule has 1 heterocycles. The average molecular weight is 208 g/mol. The predicted molar refractivity (Wildman–Crippen MR) is 49.3 cm³/mol. The molecule has 0 unspecified atom stereocenters. The third-order valence-corrected chi connectivity index (χ3v) is 3.21.